The Labute approximate surface area is 164 Å². The normalized spacial score (nSPS) is 10.6. The minimum absolute atomic E-state index is 0.0539. The summed E-state index contributed by atoms with van der Waals surface area (Å²) in [5.41, 5.74) is 3.07. The van der Waals surface area contributed by atoms with Crippen LogP contribution in [0.4, 0.5) is 0 Å². The maximum absolute atomic E-state index is 11.8. The smallest absolute Gasteiger partial charge is 0.277 e. The molecule has 0 unspecified atom stereocenters. The molecule has 0 bridgehead atoms. The molecule has 1 amide bonds. The fraction of sp³-hybridized carbons (Fsp3) is 0.333. The first-order valence-corrected chi connectivity index (χ1v) is 9.25. The molecule has 2 N–H and O–H groups in total. The van der Waals surface area contributed by atoms with E-state index in [1.165, 1.54) is 12.3 Å². The standard InChI is InChI=1S/C21H26N2O5/c1-3-5-12-27-17-7-9-18(10-8-17)28-15-21(25)23-22-14-16-6-11-19(24)20(13-16)26-4-2/h6-11,13-14,24H,3-5,12,15H2,1-2H3,(H,23,25). The maximum atomic E-state index is 11.8. The summed E-state index contributed by atoms with van der Waals surface area (Å²) >= 11 is 0. The molecule has 0 fully saturated rings. The van der Waals surface area contributed by atoms with Crippen LogP contribution >= 0.6 is 0 Å². The second-order valence-corrected chi connectivity index (χ2v) is 5.92. The predicted molar refractivity (Wildman–Crippen MR) is 107 cm³/mol. The fourth-order valence-corrected chi connectivity index (χ4v) is 2.21. The average Bonchev–Trinajstić information content (AvgIpc) is 2.70. The summed E-state index contributed by atoms with van der Waals surface area (Å²) in [6, 6.07) is 11.9. The fourth-order valence-electron chi connectivity index (χ4n) is 2.21. The van der Waals surface area contributed by atoms with Gasteiger partial charge in [0.15, 0.2) is 18.1 Å². The summed E-state index contributed by atoms with van der Waals surface area (Å²) in [6.45, 7) is 4.90. The summed E-state index contributed by atoms with van der Waals surface area (Å²) in [5, 5.41) is 13.5. The van der Waals surface area contributed by atoms with Gasteiger partial charge in [0.1, 0.15) is 11.5 Å². The number of carbonyl (C=O) groups is 1. The van der Waals surface area contributed by atoms with Crippen LogP contribution in [0.15, 0.2) is 47.6 Å². The van der Waals surface area contributed by atoms with Crippen LogP contribution in [0.3, 0.4) is 0 Å². The van der Waals surface area contributed by atoms with Gasteiger partial charge in [-0.1, -0.05) is 13.3 Å². The van der Waals surface area contributed by atoms with Crippen molar-refractivity contribution in [3.63, 3.8) is 0 Å². The van der Waals surface area contributed by atoms with Crippen molar-refractivity contribution in [3.8, 4) is 23.0 Å². The van der Waals surface area contributed by atoms with Crippen molar-refractivity contribution in [2.75, 3.05) is 19.8 Å². The van der Waals surface area contributed by atoms with Gasteiger partial charge in [0, 0.05) is 0 Å². The highest BCUT2D eigenvalue weighted by Crippen LogP contribution is 2.26. The maximum Gasteiger partial charge on any atom is 0.277 e. The van der Waals surface area contributed by atoms with Gasteiger partial charge in [-0.05, 0) is 61.4 Å². The molecule has 0 radical (unpaired) electrons. The van der Waals surface area contributed by atoms with Crippen LogP contribution in [0, 0.1) is 0 Å². The van der Waals surface area contributed by atoms with Crippen molar-refractivity contribution in [1.82, 2.24) is 5.43 Å². The van der Waals surface area contributed by atoms with Crippen molar-refractivity contribution in [1.29, 1.82) is 0 Å². The molecular weight excluding hydrogens is 360 g/mol. The van der Waals surface area contributed by atoms with E-state index in [0.717, 1.165) is 18.6 Å². The molecular formula is C21H26N2O5. The van der Waals surface area contributed by atoms with Crippen molar-refractivity contribution in [3.05, 3.63) is 48.0 Å². The average molecular weight is 386 g/mol. The van der Waals surface area contributed by atoms with E-state index < -0.39 is 0 Å². The molecule has 2 rings (SSSR count). The summed E-state index contributed by atoms with van der Waals surface area (Å²) in [5.74, 6) is 1.38. The van der Waals surface area contributed by atoms with Crippen LogP contribution < -0.4 is 19.6 Å². The molecule has 2 aromatic carbocycles. The van der Waals surface area contributed by atoms with Gasteiger partial charge in [-0.15, -0.1) is 0 Å². The molecule has 0 atom stereocenters. The number of nitrogens with one attached hydrogen (secondary N) is 1. The van der Waals surface area contributed by atoms with E-state index in [4.69, 9.17) is 14.2 Å². The number of phenolic OH excluding ortho intramolecular Hbond substituents is 1. The molecule has 28 heavy (non-hydrogen) atoms. The number of ether oxygens (including phenoxy) is 3. The molecule has 0 heterocycles. The lowest BCUT2D eigenvalue weighted by molar-refractivity contribution is -0.123. The number of hydrazone groups is 1. The molecule has 0 saturated heterocycles. The van der Waals surface area contributed by atoms with Gasteiger partial charge in [-0.2, -0.15) is 5.10 Å². The molecule has 7 heteroatoms. The number of carbonyl (C=O) groups excluding carboxylic acids is 1. The van der Waals surface area contributed by atoms with E-state index in [9.17, 15) is 9.90 Å². The Morgan fingerprint density at radius 1 is 1.07 bits per heavy atom. The number of nitrogens with zero attached hydrogens (tertiary/aromatic N) is 1. The number of amides is 1. The molecule has 7 nitrogen and oxygen atoms in total. The quantitative estimate of drug-likeness (QED) is 0.350. The molecule has 0 spiro atoms. The van der Waals surface area contributed by atoms with E-state index in [2.05, 4.69) is 17.5 Å². The predicted octanol–water partition coefficient (Wildman–Crippen LogP) is 3.50. The second-order valence-electron chi connectivity index (χ2n) is 5.92. The van der Waals surface area contributed by atoms with Gasteiger partial charge >= 0.3 is 0 Å². The third-order valence-corrected chi connectivity index (χ3v) is 3.65. The zero-order chi connectivity index (χ0) is 20.2. The van der Waals surface area contributed by atoms with E-state index in [0.29, 0.717) is 30.3 Å². The van der Waals surface area contributed by atoms with Crippen LogP contribution in [0.5, 0.6) is 23.0 Å². The van der Waals surface area contributed by atoms with Gasteiger partial charge in [-0.25, -0.2) is 5.43 Å². The molecule has 0 aromatic heterocycles. The summed E-state index contributed by atoms with van der Waals surface area (Å²) in [7, 11) is 0. The minimum Gasteiger partial charge on any atom is -0.504 e. The highest BCUT2D eigenvalue weighted by Gasteiger charge is 2.04. The van der Waals surface area contributed by atoms with Gasteiger partial charge < -0.3 is 19.3 Å². The molecule has 150 valence electrons. The highest BCUT2D eigenvalue weighted by molar-refractivity contribution is 5.83. The largest absolute Gasteiger partial charge is 0.504 e. The number of rotatable bonds is 11. The molecule has 0 aliphatic heterocycles. The van der Waals surface area contributed by atoms with Gasteiger partial charge in [0.25, 0.3) is 5.91 Å². The Morgan fingerprint density at radius 3 is 2.46 bits per heavy atom. The topological polar surface area (TPSA) is 89.4 Å². The summed E-state index contributed by atoms with van der Waals surface area (Å²) in [6.07, 6.45) is 3.55. The zero-order valence-corrected chi connectivity index (χ0v) is 16.2. The monoisotopic (exact) mass is 386 g/mol. The number of hydrogen-bond acceptors (Lipinski definition) is 6. The number of unbranched alkanes of at least 4 members (excludes halogenated alkanes) is 1. The lowest BCUT2D eigenvalue weighted by Gasteiger charge is -2.08. The van der Waals surface area contributed by atoms with Crippen LogP contribution in [0.2, 0.25) is 0 Å². The van der Waals surface area contributed by atoms with Gasteiger partial charge in [0.2, 0.25) is 0 Å². The summed E-state index contributed by atoms with van der Waals surface area (Å²) < 4.78 is 16.3. The van der Waals surface area contributed by atoms with Gasteiger partial charge in [0.05, 0.1) is 19.4 Å². The van der Waals surface area contributed by atoms with Crippen molar-refractivity contribution < 1.29 is 24.1 Å². The molecule has 2 aromatic rings. The zero-order valence-electron chi connectivity index (χ0n) is 16.2. The molecule has 0 saturated carbocycles. The first-order chi connectivity index (χ1) is 13.6. The lowest BCUT2D eigenvalue weighted by Crippen LogP contribution is -2.24. The van der Waals surface area contributed by atoms with Crippen LogP contribution in [0.1, 0.15) is 32.3 Å². The third-order valence-electron chi connectivity index (χ3n) is 3.65. The third kappa shape index (κ3) is 7.19. The first-order valence-electron chi connectivity index (χ1n) is 9.25. The highest BCUT2D eigenvalue weighted by atomic mass is 16.5. The lowest BCUT2D eigenvalue weighted by atomic mass is 10.2. The van der Waals surface area contributed by atoms with Crippen LogP contribution in [-0.2, 0) is 4.79 Å². The number of aromatic hydroxyl groups is 1. The summed E-state index contributed by atoms with van der Waals surface area (Å²) in [4.78, 5) is 11.8. The van der Waals surface area contributed by atoms with Crippen molar-refractivity contribution >= 4 is 12.1 Å². The molecule has 0 aliphatic rings. The van der Waals surface area contributed by atoms with Crippen LogP contribution in [-0.4, -0.2) is 37.0 Å². The van der Waals surface area contributed by atoms with E-state index in [-0.39, 0.29) is 18.3 Å². The molecule has 0 aliphatic carbocycles. The Balaban J connectivity index is 1.76. The minimum atomic E-state index is -0.386. The number of hydrogen-bond donors (Lipinski definition) is 2. The van der Waals surface area contributed by atoms with Crippen molar-refractivity contribution in [2.45, 2.75) is 26.7 Å². The van der Waals surface area contributed by atoms with Crippen LogP contribution in [0.25, 0.3) is 0 Å². The Morgan fingerprint density at radius 2 is 1.79 bits per heavy atom. The SMILES string of the molecule is CCCCOc1ccc(OCC(=O)NN=Cc2ccc(O)c(OCC)c2)cc1. The Hall–Kier alpha value is -3.22. The second kappa shape index (κ2) is 11.5. The Bertz CT molecular complexity index is 775. The van der Waals surface area contributed by atoms with E-state index >= 15 is 0 Å². The first kappa shape index (κ1) is 21.1. The Kier molecular flexibility index (Phi) is 8.65. The van der Waals surface area contributed by atoms with Crippen molar-refractivity contribution in [2.24, 2.45) is 5.10 Å². The number of phenols is 1. The number of benzene rings is 2. The van der Waals surface area contributed by atoms with E-state index in [1.54, 1.807) is 24.3 Å². The van der Waals surface area contributed by atoms with Gasteiger partial charge in [-0.3, -0.25) is 4.79 Å². The van der Waals surface area contributed by atoms with E-state index in [1.807, 2.05) is 19.1 Å².